The predicted octanol–water partition coefficient (Wildman–Crippen LogP) is 5.92. The van der Waals surface area contributed by atoms with E-state index in [-0.39, 0.29) is 17.5 Å². The van der Waals surface area contributed by atoms with Gasteiger partial charge in [-0.15, -0.1) is 0 Å². The van der Waals surface area contributed by atoms with Gasteiger partial charge in [-0.1, -0.05) is 12.1 Å². The molecule has 0 aliphatic rings. The van der Waals surface area contributed by atoms with Crippen molar-refractivity contribution in [3.05, 3.63) is 90.8 Å². The molecule has 0 unspecified atom stereocenters. The number of nitrogens with one attached hydrogen (secondary N) is 2. The molecule has 0 aliphatic carbocycles. The summed E-state index contributed by atoms with van der Waals surface area (Å²) in [5.41, 5.74) is 1.95. The molecule has 2 N–H and O–H groups in total. The number of carbonyl (C=O) groups is 1. The lowest BCUT2D eigenvalue weighted by atomic mass is 10.1. The minimum Gasteiger partial charge on any atom is -0.454 e. The third kappa shape index (κ3) is 5.23. The Morgan fingerprint density at radius 3 is 2.44 bits per heavy atom. The molecule has 2 aromatic carbocycles. The van der Waals surface area contributed by atoms with Crippen LogP contribution in [0.2, 0.25) is 0 Å². The molecule has 4 rings (SSSR count). The Kier molecular flexibility index (Phi) is 6.03. The molecule has 0 bridgehead atoms. The van der Waals surface area contributed by atoms with E-state index in [0.717, 1.165) is 5.56 Å². The van der Waals surface area contributed by atoms with Crippen LogP contribution in [0.5, 0.6) is 11.5 Å². The zero-order chi connectivity index (χ0) is 22.5. The number of benzene rings is 2. The minimum atomic E-state index is -0.589. The number of ether oxygens (including phenoxy) is 1. The lowest BCUT2D eigenvalue weighted by Crippen LogP contribution is -2.07. The molecule has 1 amide bonds. The maximum atomic E-state index is 14.6. The van der Waals surface area contributed by atoms with Crippen LogP contribution >= 0.6 is 0 Å². The average molecular weight is 432 g/mol. The summed E-state index contributed by atoms with van der Waals surface area (Å²) in [5, 5.41) is 5.57. The highest BCUT2D eigenvalue weighted by molar-refractivity contribution is 5.87. The molecular weight excluding hydrogens is 414 g/mol. The van der Waals surface area contributed by atoms with Gasteiger partial charge in [0.15, 0.2) is 11.6 Å². The third-order valence-corrected chi connectivity index (χ3v) is 4.39. The second-order valence-electron chi connectivity index (χ2n) is 6.87. The first-order chi connectivity index (χ1) is 15.5. The number of nitrogens with zero attached hydrogens (tertiary/aromatic N) is 2. The smallest absolute Gasteiger partial charge is 0.222 e. The van der Waals surface area contributed by atoms with E-state index in [0.29, 0.717) is 28.6 Å². The number of carbonyl (C=O) groups excluding carboxylic acids is 1. The van der Waals surface area contributed by atoms with Crippen LogP contribution in [0.15, 0.2) is 79.1 Å². The van der Waals surface area contributed by atoms with E-state index in [1.807, 2.05) is 0 Å². The van der Waals surface area contributed by atoms with Gasteiger partial charge in [-0.05, 0) is 53.6 Å². The van der Waals surface area contributed by atoms with Gasteiger partial charge in [-0.2, -0.15) is 0 Å². The van der Waals surface area contributed by atoms with Crippen LogP contribution < -0.4 is 15.4 Å². The highest BCUT2D eigenvalue weighted by Gasteiger charge is 2.09. The Morgan fingerprint density at radius 2 is 1.66 bits per heavy atom. The fourth-order valence-corrected chi connectivity index (χ4v) is 3.01. The molecule has 0 spiro atoms. The Morgan fingerprint density at radius 1 is 0.875 bits per heavy atom. The number of aromatic nitrogens is 2. The van der Waals surface area contributed by atoms with Crippen LogP contribution in [-0.2, 0) is 4.79 Å². The van der Waals surface area contributed by atoms with E-state index in [1.54, 1.807) is 42.6 Å². The van der Waals surface area contributed by atoms with E-state index in [1.165, 1.54) is 43.5 Å². The highest BCUT2D eigenvalue weighted by Crippen LogP contribution is 2.29. The van der Waals surface area contributed by atoms with Crippen LogP contribution in [-0.4, -0.2) is 15.9 Å². The molecule has 0 fully saturated rings. The van der Waals surface area contributed by atoms with Gasteiger partial charge in [0, 0.05) is 37.1 Å². The van der Waals surface area contributed by atoms with Crippen molar-refractivity contribution in [2.24, 2.45) is 0 Å². The van der Waals surface area contributed by atoms with Crippen LogP contribution in [0.3, 0.4) is 0 Å². The maximum Gasteiger partial charge on any atom is 0.222 e. The van der Waals surface area contributed by atoms with Gasteiger partial charge >= 0.3 is 0 Å². The number of rotatable bonds is 6. The predicted molar refractivity (Wildman–Crippen MR) is 118 cm³/mol. The van der Waals surface area contributed by atoms with E-state index in [4.69, 9.17) is 4.74 Å². The highest BCUT2D eigenvalue weighted by atomic mass is 19.1. The van der Waals surface area contributed by atoms with Crippen molar-refractivity contribution in [1.82, 2.24) is 9.97 Å². The molecule has 0 aliphatic heterocycles. The fraction of sp³-hybridized carbons (Fsp3) is 0.0417. The van der Waals surface area contributed by atoms with Crippen molar-refractivity contribution < 1.29 is 18.3 Å². The van der Waals surface area contributed by atoms with Gasteiger partial charge in [0.25, 0.3) is 0 Å². The van der Waals surface area contributed by atoms with Crippen LogP contribution in [0.4, 0.5) is 26.1 Å². The molecular formula is C24H18F2N4O2. The molecule has 32 heavy (non-hydrogen) atoms. The van der Waals surface area contributed by atoms with Crippen molar-refractivity contribution in [3.63, 3.8) is 0 Å². The lowest BCUT2D eigenvalue weighted by molar-refractivity contribution is -0.114. The van der Waals surface area contributed by atoms with Crippen molar-refractivity contribution in [1.29, 1.82) is 0 Å². The number of amides is 1. The summed E-state index contributed by atoms with van der Waals surface area (Å²) in [7, 11) is 0. The van der Waals surface area contributed by atoms with E-state index >= 15 is 0 Å². The number of hydrogen-bond acceptors (Lipinski definition) is 5. The maximum absolute atomic E-state index is 14.6. The number of halogens is 2. The average Bonchev–Trinajstić information content (AvgIpc) is 2.76. The molecule has 2 aromatic heterocycles. The summed E-state index contributed by atoms with van der Waals surface area (Å²) < 4.78 is 33.7. The van der Waals surface area contributed by atoms with Crippen molar-refractivity contribution in [3.8, 4) is 22.6 Å². The van der Waals surface area contributed by atoms with E-state index in [2.05, 4.69) is 20.6 Å². The molecule has 6 nitrogen and oxygen atoms in total. The topological polar surface area (TPSA) is 76.1 Å². The van der Waals surface area contributed by atoms with Gasteiger partial charge < -0.3 is 15.4 Å². The standard InChI is InChI=1S/C24H18F2N4O2/c1-15(31)29-24-14-20(8-10-28-24)32-22-6-5-19(13-21(22)26)30-23-12-17(7-9-27-23)16-3-2-4-18(25)11-16/h2-14H,1H3,(H,27,30)(H,28,29,31). The minimum absolute atomic E-state index is 0.0111. The third-order valence-electron chi connectivity index (χ3n) is 4.39. The van der Waals surface area contributed by atoms with E-state index < -0.39 is 5.82 Å². The quantitative estimate of drug-likeness (QED) is 0.396. The van der Waals surface area contributed by atoms with Gasteiger partial charge in [-0.3, -0.25) is 4.79 Å². The first-order valence-corrected chi connectivity index (χ1v) is 9.66. The number of hydrogen-bond donors (Lipinski definition) is 2. The summed E-state index contributed by atoms with van der Waals surface area (Å²) in [6.07, 6.45) is 3.04. The molecule has 2 heterocycles. The Hall–Kier alpha value is -4.33. The monoisotopic (exact) mass is 432 g/mol. The fourth-order valence-electron chi connectivity index (χ4n) is 3.01. The Labute approximate surface area is 182 Å². The summed E-state index contributed by atoms with van der Waals surface area (Å²) in [5.74, 6) is -0.0675. The second-order valence-corrected chi connectivity index (χ2v) is 6.87. The number of pyridine rings is 2. The van der Waals surface area contributed by atoms with Crippen LogP contribution in [0.1, 0.15) is 6.92 Å². The number of anilines is 3. The summed E-state index contributed by atoms with van der Waals surface area (Å²) in [6.45, 7) is 1.36. The van der Waals surface area contributed by atoms with Gasteiger partial charge in [-0.25, -0.2) is 18.7 Å². The molecule has 0 saturated heterocycles. The van der Waals surface area contributed by atoms with Crippen LogP contribution in [0, 0.1) is 11.6 Å². The summed E-state index contributed by atoms with van der Waals surface area (Å²) in [6, 6.07) is 17.2. The van der Waals surface area contributed by atoms with Crippen molar-refractivity contribution in [2.45, 2.75) is 6.92 Å². The van der Waals surface area contributed by atoms with E-state index in [9.17, 15) is 13.6 Å². The van der Waals surface area contributed by atoms with Gasteiger partial charge in [0.05, 0.1) is 0 Å². The second kappa shape index (κ2) is 9.22. The van der Waals surface area contributed by atoms with Gasteiger partial charge in [0.1, 0.15) is 23.2 Å². The first kappa shape index (κ1) is 20.9. The molecule has 0 radical (unpaired) electrons. The van der Waals surface area contributed by atoms with Crippen LogP contribution in [0.25, 0.3) is 11.1 Å². The normalized spacial score (nSPS) is 10.5. The Balaban J connectivity index is 1.49. The zero-order valence-corrected chi connectivity index (χ0v) is 17.0. The SMILES string of the molecule is CC(=O)Nc1cc(Oc2ccc(Nc3cc(-c4cccc(F)c4)ccn3)cc2F)ccn1. The van der Waals surface area contributed by atoms with Crippen molar-refractivity contribution in [2.75, 3.05) is 10.6 Å². The lowest BCUT2D eigenvalue weighted by Gasteiger charge is -2.11. The summed E-state index contributed by atoms with van der Waals surface area (Å²) >= 11 is 0. The zero-order valence-electron chi connectivity index (χ0n) is 17.0. The first-order valence-electron chi connectivity index (χ1n) is 9.66. The summed E-state index contributed by atoms with van der Waals surface area (Å²) in [4.78, 5) is 19.4. The molecule has 8 heteroatoms. The molecule has 0 saturated carbocycles. The van der Waals surface area contributed by atoms with Gasteiger partial charge in [0.2, 0.25) is 5.91 Å². The Bertz CT molecular complexity index is 1280. The molecule has 0 atom stereocenters. The largest absolute Gasteiger partial charge is 0.454 e. The van der Waals surface area contributed by atoms with Crippen molar-refractivity contribution >= 4 is 23.2 Å². The molecule has 160 valence electrons. The molecule has 4 aromatic rings.